The second-order valence-corrected chi connectivity index (χ2v) is 5.52. The van der Waals surface area contributed by atoms with Gasteiger partial charge in [0.15, 0.2) is 5.89 Å². The third kappa shape index (κ3) is 3.06. The van der Waals surface area contributed by atoms with E-state index in [0.717, 1.165) is 22.6 Å². The molecule has 0 atom stereocenters. The smallest absolute Gasteiger partial charge is 0.251 e. The summed E-state index contributed by atoms with van der Waals surface area (Å²) < 4.78 is 5.45. The third-order valence-corrected chi connectivity index (χ3v) is 3.75. The van der Waals surface area contributed by atoms with Gasteiger partial charge in [-0.15, -0.1) is 0 Å². The Morgan fingerprint density at radius 3 is 2.35 bits per heavy atom. The molecule has 0 unspecified atom stereocenters. The second-order valence-electron chi connectivity index (χ2n) is 5.52. The molecule has 23 heavy (non-hydrogen) atoms. The van der Waals surface area contributed by atoms with Crippen molar-refractivity contribution >= 4 is 16.9 Å². The molecule has 0 aliphatic carbocycles. The van der Waals surface area contributed by atoms with Crippen LogP contribution in [0.2, 0.25) is 0 Å². The van der Waals surface area contributed by atoms with E-state index >= 15 is 0 Å². The SMILES string of the molecule is Cc1nc(C)c(CNC(=O)c2ccc3nc(C)c(C)nc3c2)o1. The van der Waals surface area contributed by atoms with Gasteiger partial charge in [-0.25, -0.2) is 15.0 Å². The molecule has 0 fully saturated rings. The number of aryl methyl sites for hydroxylation is 4. The van der Waals surface area contributed by atoms with Crippen molar-refractivity contribution in [3.05, 3.63) is 52.5 Å². The fourth-order valence-electron chi connectivity index (χ4n) is 2.37. The highest BCUT2D eigenvalue weighted by Crippen LogP contribution is 2.15. The zero-order valence-electron chi connectivity index (χ0n) is 13.6. The lowest BCUT2D eigenvalue weighted by Gasteiger charge is -2.06. The van der Waals surface area contributed by atoms with Gasteiger partial charge < -0.3 is 9.73 Å². The lowest BCUT2D eigenvalue weighted by molar-refractivity contribution is 0.0948. The number of nitrogens with one attached hydrogen (secondary N) is 1. The molecule has 3 rings (SSSR count). The third-order valence-electron chi connectivity index (χ3n) is 3.75. The Morgan fingerprint density at radius 2 is 1.70 bits per heavy atom. The number of amides is 1. The predicted octanol–water partition coefficient (Wildman–Crippen LogP) is 2.78. The topological polar surface area (TPSA) is 80.9 Å². The van der Waals surface area contributed by atoms with Gasteiger partial charge in [0.25, 0.3) is 5.91 Å². The number of hydrogen-bond acceptors (Lipinski definition) is 5. The molecule has 3 aromatic rings. The maximum absolute atomic E-state index is 12.3. The van der Waals surface area contributed by atoms with Crippen LogP contribution in [0.1, 0.15) is 39.1 Å². The van der Waals surface area contributed by atoms with Crippen LogP contribution in [0.4, 0.5) is 0 Å². The van der Waals surface area contributed by atoms with Crippen molar-refractivity contribution in [3.8, 4) is 0 Å². The highest BCUT2D eigenvalue weighted by molar-refractivity contribution is 5.97. The van der Waals surface area contributed by atoms with E-state index in [1.54, 1.807) is 19.1 Å². The minimum Gasteiger partial charge on any atom is -0.444 e. The van der Waals surface area contributed by atoms with Crippen LogP contribution in [0.15, 0.2) is 22.6 Å². The first kappa shape index (κ1) is 15.1. The Hall–Kier alpha value is -2.76. The molecule has 0 bridgehead atoms. The van der Waals surface area contributed by atoms with E-state index in [2.05, 4.69) is 20.3 Å². The average molecular weight is 310 g/mol. The molecule has 2 aromatic heterocycles. The molecule has 6 nitrogen and oxygen atoms in total. The fraction of sp³-hybridized carbons (Fsp3) is 0.294. The standard InChI is InChI=1S/C17H18N4O2/c1-9-10(2)21-15-7-13(5-6-14(15)20-9)17(22)18-8-16-11(3)19-12(4)23-16/h5-7H,8H2,1-4H3,(H,18,22). The van der Waals surface area contributed by atoms with Gasteiger partial charge in [-0.2, -0.15) is 0 Å². The van der Waals surface area contributed by atoms with Gasteiger partial charge in [-0.3, -0.25) is 4.79 Å². The molecule has 1 N–H and O–H groups in total. The Bertz CT molecular complexity index is 899. The average Bonchev–Trinajstić information content (AvgIpc) is 2.83. The van der Waals surface area contributed by atoms with Gasteiger partial charge in [0.2, 0.25) is 0 Å². The molecule has 2 heterocycles. The molecule has 0 radical (unpaired) electrons. The quantitative estimate of drug-likeness (QED) is 0.804. The molecule has 1 amide bonds. The van der Waals surface area contributed by atoms with Crippen LogP contribution in [0.25, 0.3) is 11.0 Å². The van der Waals surface area contributed by atoms with Gasteiger partial charge in [0.1, 0.15) is 5.76 Å². The van der Waals surface area contributed by atoms with Crippen LogP contribution in [-0.2, 0) is 6.54 Å². The highest BCUT2D eigenvalue weighted by atomic mass is 16.4. The zero-order valence-corrected chi connectivity index (χ0v) is 13.6. The molecule has 6 heteroatoms. The van der Waals surface area contributed by atoms with E-state index < -0.39 is 0 Å². The molecule has 0 spiro atoms. The number of aromatic nitrogens is 3. The maximum Gasteiger partial charge on any atom is 0.251 e. The van der Waals surface area contributed by atoms with Crippen molar-refractivity contribution in [2.75, 3.05) is 0 Å². The Kier molecular flexibility index (Phi) is 3.82. The summed E-state index contributed by atoms with van der Waals surface area (Å²) in [7, 11) is 0. The van der Waals surface area contributed by atoms with Crippen molar-refractivity contribution in [2.45, 2.75) is 34.2 Å². The van der Waals surface area contributed by atoms with Crippen LogP contribution >= 0.6 is 0 Å². The fourth-order valence-corrected chi connectivity index (χ4v) is 2.37. The molecular formula is C17H18N4O2. The summed E-state index contributed by atoms with van der Waals surface area (Å²) in [4.78, 5) is 25.4. The number of rotatable bonds is 3. The lowest BCUT2D eigenvalue weighted by Crippen LogP contribution is -2.22. The maximum atomic E-state index is 12.3. The summed E-state index contributed by atoms with van der Waals surface area (Å²) in [5, 5.41) is 2.84. The molecule has 0 aliphatic rings. The first-order chi connectivity index (χ1) is 10.9. The van der Waals surface area contributed by atoms with Crippen molar-refractivity contribution in [3.63, 3.8) is 0 Å². The molecule has 0 saturated carbocycles. The van der Waals surface area contributed by atoms with E-state index in [1.807, 2.05) is 26.8 Å². The number of fused-ring (bicyclic) bond motifs is 1. The van der Waals surface area contributed by atoms with Gasteiger partial charge in [0.05, 0.1) is 34.7 Å². The van der Waals surface area contributed by atoms with Crippen molar-refractivity contribution in [1.29, 1.82) is 0 Å². The van der Waals surface area contributed by atoms with Crippen molar-refractivity contribution in [2.24, 2.45) is 0 Å². The van der Waals surface area contributed by atoms with Crippen molar-refractivity contribution in [1.82, 2.24) is 20.3 Å². The van der Waals surface area contributed by atoms with Gasteiger partial charge >= 0.3 is 0 Å². The molecule has 0 saturated heterocycles. The Labute approximate surface area is 134 Å². The summed E-state index contributed by atoms with van der Waals surface area (Å²) in [5.74, 6) is 1.09. The zero-order chi connectivity index (χ0) is 16.6. The molecule has 1 aromatic carbocycles. The van der Waals surface area contributed by atoms with E-state index in [1.165, 1.54) is 0 Å². The van der Waals surface area contributed by atoms with E-state index in [9.17, 15) is 4.79 Å². The van der Waals surface area contributed by atoms with Crippen LogP contribution < -0.4 is 5.32 Å². The minimum absolute atomic E-state index is 0.180. The number of carbonyl (C=O) groups excluding carboxylic acids is 1. The number of carbonyl (C=O) groups is 1. The monoisotopic (exact) mass is 310 g/mol. The van der Waals surface area contributed by atoms with Gasteiger partial charge in [-0.05, 0) is 39.0 Å². The Balaban J connectivity index is 1.80. The van der Waals surface area contributed by atoms with Crippen LogP contribution in [0.3, 0.4) is 0 Å². The summed E-state index contributed by atoms with van der Waals surface area (Å²) in [6, 6.07) is 5.32. The minimum atomic E-state index is -0.180. The number of oxazole rings is 1. The number of hydrogen-bond donors (Lipinski definition) is 1. The summed E-state index contributed by atoms with van der Waals surface area (Å²) in [6.45, 7) is 7.77. The van der Waals surface area contributed by atoms with Crippen LogP contribution in [0.5, 0.6) is 0 Å². The van der Waals surface area contributed by atoms with E-state index in [-0.39, 0.29) is 5.91 Å². The molecular weight excluding hydrogens is 292 g/mol. The largest absolute Gasteiger partial charge is 0.444 e. The van der Waals surface area contributed by atoms with Crippen LogP contribution in [-0.4, -0.2) is 20.9 Å². The summed E-state index contributed by atoms with van der Waals surface area (Å²) in [6.07, 6.45) is 0. The molecule has 0 aliphatic heterocycles. The second kappa shape index (κ2) is 5.79. The van der Waals surface area contributed by atoms with E-state index in [0.29, 0.717) is 29.3 Å². The van der Waals surface area contributed by atoms with Crippen LogP contribution in [0, 0.1) is 27.7 Å². The van der Waals surface area contributed by atoms with Crippen molar-refractivity contribution < 1.29 is 9.21 Å². The number of benzene rings is 1. The van der Waals surface area contributed by atoms with E-state index in [4.69, 9.17) is 4.42 Å². The van der Waals surface area contributed by atoms with Gasteiger partial charge in [0, 0.05) is 12.5 Å². The lowest BCUT2D eigenvalue weighted by atomic mass is 10.1. The Morgan fingerprint density at radius 1 is 1.00 bits per heavy atom. The summed E-state index contributed by atoms with van der Waals surface area (Å²) in [5.41, 5.74) is 4.59. The summed E-state index contributed by atoms with van der Waals surface area (Å²) >= 11 is 0. The molecule has 118 valence electrons. The number of nitrogens with zero attached hydrogens (tertiary/aromatic N) is 3. The first-order valence-corrected chi connectivity index (χ1v) is 7.40. The normalized spacial score (nSPS) is 11.0. The highest BCUT2D eigenvalue weighted by Gasteiger charge is 2.11. The predicted molar refractivity (Wildman–Crippen MR) is 86.2 cm³/mol. The van der Waals surface area contributed by atoms with Gasteiger partial charge in [-0.1, -0.05) is 0 Å². The first-order valence-electron chi connectivity index (χ1n) is 7.40.